The van der Waals surface area contributed by atoms with E-state index in [4.69, 9.17) is 9.47 Å². The summed E-state index contributed by atoms with van der Waals surface area (Å²) in [5.74, 6) is 1.75. The van der Waals surface area contributed by atoms with E-state index >= 15 is 0 Å². The minimum atomic E-state index is -0.301. The smallest absolute Gasteiger partial charge is 0.174 e. The van der Waals surface area contributed by atoms with Crippen LogP contribution in [-0.4, -0.2) is 19.0 Å². The van der Waals surface area contributed by atoms with Crippen molar-refractivity contribution in [2.24, 2.45) is 23.2 Å². The molecule has 4 atom stereocenters. The van der Waals surface area contributed by atoms with Crippen LogP contribution in [-0.2, 0) is 9.47 Å². The van der Waals surface area contributed by atoms with Gasteiger partial charge < -0.3 is 9.47 Å². The maximum Gasteiger partial charge on any atom is 0.174 e. The third-order valence-electron chi connectivity index (χ3n) is 7.09. The van der Waals surface area contributed by atoms with Crippen molar-refractivity contribution in [3.63, 3.8) is 0 Å². The third kappa shape index (κ3) is 1.85. The Morgan fingerprint density at radius 2 is 1.95 bits per heavy atom. The number of allylic oxidation sites excluding steroid dienone is 3. The summed E-state index contributed by atoms with van der Waals surface area (Å²) in [6.07, 6.45) is 9.73. The maximum absolute atomic E-state index is 6.21. The summed E-state index contributed by atoms with van der Waals surface area (Å²) >= 11 is 0. The molecule has 3 fully saturated rings. The Hall–Kier alpha value is -0.600. The van der Waals surface area contributed by atoms with Crippen LogP contribution in [0.25, 0.3) is 0 Å². The fraction of sp³-hybridized carbons (Fsp3) is 0.789. The zero-order valence-corrected chi connectivity index (χ0v) is 13.5. The molecule has 2 saturated carbocycles. The third-order valence-corrected chi connectivity index (χ3v) is 7.09. The summed E-state index contributed by atoms with van der Waals surface area (Å²) in [7, 11) is 0. The molecule has 2 heteroatoms. The van der Waals surface area contributed by atoms with Gasteiger partial charge in [-0.3, -0.25) is 0 Å². The predicted octanol–water partition coefficient (Wildman–Crippen LogP) is 4.47. The van der Waals surface area contributed by atoms with E-state index in [-0.39, 0.29) is 11.2 Å². The van der Waals surface area contributed by atoms with Crippen molar-refractivity contribution in [1.29, 1.82) is 0 Å². The van der Waals surface area contributed by atoms with E-state index in [1.807, 2.05) is 0 Å². The molecule has 3 aliphatic carbocycles. The Kier molecular flexibility index (Phi) is 3.14. The van der Waals surface area contributed by atoms with Gasteiger partial charge >= 0.3 is 0 Å². The normalized spacial score (nSPS) is 47.6. The van der Waals surface area contributed by atoms with Crippen molar-refractivity contribution in [2.45, 2.75) is 58.2 Å². The van der Waals surface area contributed by atoms with Crippen LogP contribution in [0.3, 0.4) is 0 Å². The number of hydrogen-bond donors (Lipinski definition) is 0. The molecule has 0 N–H and O–H groups in total. The van der Waals surface area contributed by atoms with Crippen molar-refractivity contribution < 1.29 is 9.47 Å². The molecule has 0 unspecified atom stereocenters. The van der Waals surface area contributed by atoms with Crippen LogP contribution < -0.4 is 0 Å². The van der Waals surface area contributed by atoms with E-state index in [2.05, 4.69) is 26.5 Å². The minimum absolute atomic E-state index is 0.150. The second-order valence-corrected chi connectivity index (χ2v) is 7.90. The predicted molar refractivity (Wildman–Crippen MR) is 83.8 cm³/mol. The summed E-state index contributed by atoms with van der Waals surface area (Å²) in [5.41, 5.74) is 3.22. The summed E-state index contributed by atoms with van der Waals surface area (Å²) < 4.78 is 12.4. The molecule has 0 aromatic rings. The second kappa shape index (κ2) is 4.70. The maximum atomic E-state index is 6.21. The van der Waals surface area contributed by atoms with Crippen LogP contribution in [0.4, 0.5) is 0 Å². The zero-order chi connectivity index (χ0) is 14.7. The van der Waals surface area contributed by atoms with Crippen molar-refractivity contribution in [2.75, 3.05) is 13.2 Å². The summed E-state index contributed by atoms with van der Waals surface area (Å²) in [6.45, 7) is 10.7. The van der Waals surface area contributed by atoms with Crippen LogP contribution in [0.5, 0.6) is 0 Å². The Labute approximate surface area is 128 Å². The highest BCUT2D eigenvalue weighted by atomic mass is 16.7. The first-order valence-corrected chi connectivity index (χ1v) is 8.68. The Morgan fingerprint density at radius 3 is 2.71 bits per heavy atom. The monoisotopic (exact) mass is 288 g/mol. The fourth-order valence-corrected chi connectivity index (χ4v) is 5.69. The van der Waals surface area contributed by atoms with Crippen molar-refractivity contribution in [3.05, 3.63) is 23.8 Å². The van der Waals surface area contributed by atoms with Gasteiger partial charge in [-0.2, -0.15) is 0 Å². The summed E-state index contributed by atoms with van der Waals surface area (Å²) in [4.78, 5) is 0. The first-order chi connectivity index (χ1) is 10.1. The zero-order valence-electron chi connectivity index (χ0n) is 13.5. The quantitative estimate of drug-likeness (QED) is 0.612. The highest BCUT2D eigenvalue weighted by molar-refractivity contribution is 5.23. The van der Waals surface area contributed by atoms with Crippen molar-refractivity contribution in [1.82, 2.24) is 0 Å². The van der Waals surface area contributed by atoms with Crippen LogP contribution in [0.1, 0.15) is 52.4 Å². The van der Waals surface area contributed by atoms with Gasteiger partial charge in [-0.25, -0.2) is 0 Å². The van der Waals surface area contributed by atoms with E-state index in [0.717, 1.165) is 19.6 Å². The van der Waals surface area contributed by atoms with Gasteiger partial charge in [0.15, 0.2) is 5.79 Å². The average Bonchev–Trinajstić information content (AvgIpc) is 3.12. The molecule has 4 aliphatic rings. The summed E-state index contributed by atoms with van der Waals surface area (Å²) in [5, 5.41) is 0. The fourth-order valence-electron chi connectivity index (χ4n) is 5.69. The lowest BCUT2D eigenvalue weighted by atomic mass is 9.64. The van der Waals surface area contributed by atoms with Gasteiger partial charge in [0.05, 0.1) is 13.2 Å². The van der Waals surface area contributed by atoms with Gasteiger partial charge in [0.1, 0.15) is 0 Å². The molecule has 1 aliphatic heterocycles. The van der Waals surface area contributed by atoms with Crippen molar-refractivity contribution >= 4 is 0 Å². The highest BCUT2D eigenvalue weighted by Crippen LogP contribution is 2.62. The van der Waals surface area contributed by atoms with Gasteiger partial charge in [-0.05, 0) is 56.8 Å². The van der Waals surface area contributed by atoms with E-state index in [1.165, 1.54) is 37.7 Å². The first kappa shape index (κ1) is 14.0. The lowest BCUT2D eigenvalue weighted by Gasteiger charge is -2.46. The highest BCUT2D eigenvalue weighted by Gasteiger charge is 2.62. The van der Waals surface area contributed by atoms with Gasteiger partial charge in [0.25, 0.3) is 0 Å². The molecule has 0 radical (unpaired) electrons. The lowest BCUT2D eigenvalue weighted by molar-refractivity contribution is -0.229. The molecule has 21 heavy (non-hydrogen) atoms. The van der Waals surface area contributed by atoms with E-state index < -0.39 is 0 Å². The molecular formula is C19H28O2. The topological polar surface area (TPSA) is 18.5 Å². The number of fused-ring (bicyclic) bond motifs is 3. The molecule has 0 aromatic carbocycles. The number of hydrogen-bond acceptors (Lipinski definition) is 2. The standard InChI is InChI=1S/C19H28O2/c1-13-4-6-15-8-9-19(20-10-11-21-19)18(15,3)12-17-14(2)5-7-16(13)17/h4,15-17H,2,5-12H2,1,3H3/b13-4-/t15-,16+,17-,18+/m1/s1. The summed E-state index contributed by atoms with van der Waals surface area (Å²) in [6, 6.07) is 0. The van der Waals surface area contributed by atoms with Crippen LogP contribution >= 0.6 is 0 Å². The largest absolute Gasteiger partial charge is 0.347 e. The average molecular weight is 288 g/mol. The van der Waals surface area contributed by atoms with Gasteiger partial charge in [0, 0.05) is 11.8 Å². The molecule has 116 valence electrons. The van der Waals surface area contributed by atoms with E-state index in [9.17, 15) is 0 Å². The minimum Gasteiger partial charge on any atom is -0.347 e. The molecule has 1 saturated heterocycles. The Morgan fingerprint density at radius 1 is 1.19 bits per heavy atom. The SMILES string of the molecule is C=C1CC[C@H]2/C(C)=C\C[C@@H]3CCC4(OCCO4)[C@@]3(C)C[C@H]12. The molecule has 1 spiro atoms. The van der Waals surface area contributed by atoms with E-state index in [1.54, 1.807) is 5.57 Å². The van der Waals surface area contributed by atoms with Crippen LogP contribution in [0.2, 0.25) is 0 Å². The van der Waals surface area contributed by atoms with Crippen LogP contribution in [0, 0.1) is 23.2 Å². The van der Waals surface area contributed by atoms with Crippen LogP contribution in [0.15, 0.2) is 23.8 Å². The van der Waals surface area contributed by atoms with E-state index in [0.29, 0.717) is 17.8 Å². The molecule has 1 heterocycles. The van der Waals surface area contributed by atoms with Gasteiger partial charge in [-0.15, -0.1) is 0 Å². The molecule has 0 bridgehead atoms. The second-order valence-electron chi connectivity index (χ2n) is 7.90. The van der Waals surface area contributed by atoms with Gasteiger partial charge in [0.2, 0.25) is 0 Å². The number of rotatable bonds is 0. The molecule has 2 nitrogen and oxygen atoms in total. The Bertz CT molecular complexity index is 486. The Balaban J connectivity index is 1.74. The van der Waals surface area contributed by atoms with Crippen molar-refractivity contribution in [3.8, 4) is 0 Å². The first-order valence-electron chi connectivity index (χ1n) is 8.68. The lowest BCUT2D eigenvalue weighted by Crippen LogP contribution is -2.48. The molecule has 0 amide bonds. The van der Waals surface area contributed by atoms with Gasteiger partial charge in [-0.1, -0.05) is 30.7 Å². The molecule has 0 aromatic heterocycles. The number of ether oxygens (including phenoxy) is 2. The molecule has 4 rings (SSSR count). The molecular weight excluding hydrogens is 260 g/mol.